The SMILES string of the molecule is CC(C)(C)C(C)(O)NCC(=O)[O-].[Na+]. The van der Waals surface area contributed by atoms with Crippen molar-refractivity contribution in [2.75, 3.05) is 6.54 Å². The second kappa shape index (κ2) is 5.32. The third-order valence-corrected chi connectivity index (χ3v) is 2.04. The van der Waals surface area contributed by atoms with Crippen LogP contribution in [0.3, 0.4) is 0 Å². The van der Waals surface area contributed by atoms with Crippen LogP contribution in [0.4, 0.5) is 0 Å². The van der Waals surface area contributed by atoms with Gasteiger partial charge in [0.05, 0.1) is 5.97 Å². The molecule has 4 nitrogen and oxygen atoms in total. The molecular formula is C8H16NNaO3. The van der Waals surface area contributed by atoms with Crippen molar-refractivity contribution >= 4 is 5.97 Å². The van der Waals surface area contributed by atoms with Gasteiger partial charge in [-0.25, -0.2) is 0 Å². The van der Waals surface area contributed by atoms with Crippen molar-refractivity contribution in [3.63, 3.8) is 0 Å². The molecule has 72 valence electrons. The number of aliphatic hydroxyl groups is 1. The van der Waals surface area contributed by atoms with Gasteiger partial charge < -0.3 is 15.0 Å². The van der Waals surface area contributed by atoms with Crippen LogP contribution in [0.15, 0.2) is 0 Å². The molecule has 0 saturated heterocycles. The fourth-order valence-electron chi connectivity index (χ4n) is 0.509. The summed E-state index contributed by atoms with van der Waals surface area (Å²) in [6.45, 7) is 6.64. The number of carboxylic acids is 1. The smallest absolute Gasteiger partial charge is 0.549 e. The van der Waals surface area contributed by atoms with Crippen LogP contribution in [0.25, 0.3) is 0 Å². The summed E-state index contributed by atoms with van der Waals surface area (Å²) in [7, 11) is 0. The molecule has 1 unspecified atom stereocenters. The predicted octanol–water partition coefficient (Wildman–Crippen LogP) is -3.92. The van der Waals surface area contributed by atoms with E-state index in [9.17, 15) is 15.0 Å². The Morgan fingerprint density at radius 1 is 1.38 bits per heavy atom. The fraction of sp³-hybridized carbons (Fsp3) is 0.875. The van der Waals surface area contributed by atoms with Gasteiger partial charge in [-0.2, -0.15) is 0 Å². The molecule has 0 bridgehead atoms. The van der Waals surface area contributed by atoms with Gasteiger partial charge in [-0.1, -0.05) is 20.8 Å². The predicted molar refractivity (Wildman–Crippen MR) is 43.1 cm³/mol. The van der Waals surface area contributed by atoms with Gasteiger partial charge in [0, 0.05) is 12.0 Å². The fourth-order valence-corrected chi connectivity index (χ4v) is 0.509. The van der Waals surface area contributed by atoms with Crippen molar-refractivity contribution in [1.29, 1.82) is 0 Å². The average molecular weight is 197 g/mol. The van der Waals surface area contributed by atoms with Crippen LogP contribution in [0.1, 0.15) is 27.7 Å². The zero-order valence-electron chi connectivity index (χ0n) is 8.97. The van der Waals surface area contributed by atoms with E-state index in [1.807, 2.05) is 20.8 Å². The number of nitrogens with one attached hydrogen (secondary N) is 1. The Kier molecular flexibility index (Phi) is 6.48. The van der Waals surface area contributed by atoms with Crippen molar-refractivity contribution in [2.24, 2.45) is 5.41 Å². The van der Waals surface area contributed by atoms with E-state index in [4.69, 9.17) is 0 Å². The van der Waals surface area contributed by atoms with E-state index in [0.29, 0.717) is 0 Å². The molecular weight excluding hydrogens is 181 g/mol. The van der Waals surface area contributed by atoms with Crippen LogP contribution in [-0.4, -0.2) is 23.3 Å². The first-order valence-corrected chi connectivity index (χ1v) is 3.84. The van der Waals surface area contributed by atoms with Crippen molar-refractivity contribution in [3.8, 4) is 0 Å². The van der Waals surface area contributed by atoms with Crippen LogP contribution in [0.5, 0.6) is 0 Å². The van der Waals surface area contributed by atoms with E-state index >= 15 is 0 Å². The molecule has 0 aliphatic heterocycles. The van der Waals surface area contributed by atoms with Gasteiger partial charge in [-0.15, -0.1) is 0 Å². The number of hydrogen-bond donors (Lipinski definition) is 2. The van der Waals surface area contributed by atoms with Gasteiger partial charge in [0.15, 0.2) is 0 Å². The molecule has 0 rings (SSSR count). The number of hydrogen-bond acceptors (Lipinski definition) is 4. The monoisotopic (exact) mass is 197 g/mol. The second-order valence-corrected chi connectivity index (χ2v) is 4.05. The summed E-state index contributed by atoms with van der Waals surface area (Å²) in [6, 6.07) is 0. The Morgan fingerprint density at radius 3 is 2.00 bits per heavy atom. The van der Waals surface area contributed by atoms with Gasteiger partial charge >= 0.3 is 29.6 Å². The Labute approximate surface area is 101 Å². The molecule has 0 heterocycles. The maximum Gasteiger partial charge on any atom is 1.00 e. The molecule has 0 aliphatic rings. The first-order chi connectivity index (χ1) is 5.17. The molecule has 0 spiro atoms. The molecule has 0 aromatic carbocycles. The van der Waals surface area contributed by atoms with E-state index in [2.05, 4.69) is 5.32 Å². The van der Waals surface area contributed by atoms with E-state index in [1.54, 1.807) is 0 Å². The largest absolute Gasteiger partial charge is 1.00 e. The molecule has 0 aromatic heterocycles. The van der Waals surface area contributed by atoms with Gasteiger partial charge in [-0.05, 0) is 6.92 Å². The summed E-state index contributed by atoms with van der Waals surface area (Å²) in [6.07, 6.45) is 0. The number of aliphatic carboxylic acids is 1. The Morgan fingerprint density at radius 2 is 1.77 bits per heavy atom. The van der Waals surface area contributed by atoms with E-state index in [1.165, 1.54) is 6.92 Å². The normalized spacial score (nSPS) is 15.8. The van der Waals surface area contributed by atoms with Crippen LogP contribution >= 0.6 is 0 Å². The molecule has 5 heteroatoms. The maximum atomic E-state index is 10.1. The summed E-state index contributed by atoms with van der Waals surface area (Å²) in [5.41, 5.74) is -1.62. The third-order valence-electron chi connectivity index (χ3n) is 2.04. The zero-order valence-corrected chi connectivity index (χ0v) is 11.0. The summed E-state index contributed by atoms with van der Waals surface area (Å²) in [5.74, 6) is -1.22. The van der Waals surface area contributed by atoms with Crippen LogP contribution in [0, 0.1) is 5.41 Å². The number of carbonyl (C=O) groups is 1. The molecule has 0 aliphatic carbocycles. The molecule has 0 saturated carbocycles. The Hall–Kier alpha value is 0.390. The first kappa shape index (κ1) is 15.8. The third kappa shape index (κ3) is 5.65. The molecule has 0 amide bonds. The van der Waals surface area contributed by atoms with Gasteiger partial charge in [0.2, 0.25) is 0 Å². The number of rotatable bonds is 3. The summed E-state index contributed by atoms with van der Waals surface area (Å²) < 4.78 is 0. The number of carbonyl (C=O) groups excluding carboxylic acids is 1. The standard InChI is InChI=1S/C8H17NO3.Na/c1-7(2,3)8(4,12)9-5-6(10)11;/h9,12H,5H2,1-4H3,(H,10,11);/q;+1/p-1. The van der Waals surface area contributed by atoms with Crippen LogP contribution in [0.2, 0.25) is 0 Å². The quantitative estimate of drug-likeness (QED) is 0.358. The first-order valence-electron chi connectivity index (χ1n) is 3.84. The molecule has 0 aromatic rings. The second-order valence-electron chi connectivity index (χ2n) is 4.05. The minimum Gasteiger partial charge on any atom is -0.549 e. The molecule has 2 N–H and O–H groups in total. The van der Waals surface area contributed by atoms with Crippen molar-refractivity contribution in [2.45, 2.75) is 33.4 Å². The topological polar surface area (TPSA) is 72.4 Å². The zero-order chi connectivity index (χ0) is 9.99. The van der Waals surface area contributed by atoms with Crippen molar-refractivity contribution in [3.05, 3.63) is 0 Å². The Balaban J connectivity index is 0. The Bertz CT molecular complexity index is 175. The van der Waals surface area contributed by atoms with Gasteiger partial charge in [0.1, 0.15) is 5.72 Å². The van der Waals surface area contributed by atoms with E-state index < -0.39 is 17.1 Å². The van der Waals surface area contributed by atoms with Crippen LogP contribution in [-0.2, 0) is 4.79 Å². The molecule has 1 atom stereocenters. The van der Waals surface area contributed by atoms with Gasteiger partial charge in [-0.3, -0.25) is 5.32 Å². The van der Waals surface area contributed by atoms with Crippen molar-refractivity contribution in [1.82, 2.24) is 5.32 Å². The van der Waals surface area contributed by atoms with Crippen molar-refractivity contribution < 1.29 is 44.6 Å². The number of carboxylic acid groups (broad SMARTS) is 1. The van der Waals surface area contributed by atoms with Gasteiger partial charge in [0.25, 0.3) is 0 Å². The van der Waals surface area contributed by atoms with E-state index in [-0.39, 0.29) is 36.1 Å². The average Bonchev–Trinajstić information content (AvgIpc) is 1.81. The van der Waals surface area contributed by atoms with Crippen LogP contribution < -0.4 is 40.0 Å². The maximum absolute atomic E-state index is 10.1. The molecule has 13 heavy (non-hydrogen) atoms. The summed E-state index contributed by atoms with van der Waals surface area (Å²) in [5, 5.41) is 22.3. The minimum absolute atomic E-state index is 0. The summed E-state index contributed by atoms with van der Waals surface area (Å²) >= 11 is 0. The van der Waals surface area contributed by atoms with E-state index in [0.717, 1.165) is 0 Å². The minimum atomic E-state index is -1.22. The molecule has 0 radical (unpaired) electrons. The summed E-state index contributed by atoms with van der Waals surface area (Å²) in [4.78, 5) is 10.1. The molecule has 0 fully saturated rings.